The number of benzene rings is 3. The zero-order valence-corrected chi connectivity index (χ0v) is 27.4. The maximum Gasteiger partial charge on any atom is -0.0103 e. The Labute approximate surface area is 248 Å². The Morgan fingerprint density at radius 2 is 0.950 bits per heavy atom. The van der Waals surface area contributed by atoms with Crippen molar-refractivity contribution in [2.24, 2.45) is 11.8 Å². The van der Waals surface area contributed by atoms with Gasteiger partial charge in [-0.3, -0.25) is 0 Å². The van der Waals surface area contributed by atoms with Crippen molar-refractivity contribution in [2.75, 3.05) is 0 Å². The third-order valence-electron chi connectivity index (χ3n) is 9.40. The van der Waals surface area contributed by atoms with Crippen molar-refractivity contribution >= 4 is 0 Å². The van der Waals surface area contributed by atoms with E-state index >= 15 is 0 Å². The van der Waals surface area contributed by atoms with Gasteiger partial charge in [0.15, 0.2) is 0 Å². The lowest BCUT2D eigenvalue weighted by Crippen LogP contribution is -2.18. The van der Waals surface area contributed by atoms with Gasteiger partial charge in [0.25, 0.3) is 0 Å². The Morgan fingerprint density at radius 1 is 0.525 bits per heavy atom. The van der Waals surface area contributed by atoms with Crippen molar-refractivity contribution in [3.8, 4) is 22.3 Å². The van der Waals surface area contributed by atoms with Gasteiger partial charge in [-0.2, -0.15) is 0 Å². The van der Waals surface area contributed by atoms with Gasteiger partial charge in [-0.05, 0) is 93.9 Å². The molecule has 0 N–H and O–H groups in total. The van der Waals surface area contributed by atoms with Crippen molar-refractivity contribution < 1.29 is 0 Å². The van der Waals surface area contributed by atoms with Crippen LogP contribution in [0.15, 0.2) is 66.7 Å². The third kappa shape index (κ3) is 9.09. The topological polar surface area (TPSA) is 0 Å². The maximum absolute atomic E-state index is 2.41. The Kier molecular flexibility index (Phi) is 11.7. The Hall–Kier alpha value is -2.34. The van der Waals surface area contributed by atoms with Crippen molar-refractivity contribution in [2.45, 2.75) is 131 Å². The van der Waals surface area contributed by atoms with E-state index in [1.54, 1.807) is 0 Å². The minimum atomic E-state index is 0.210. The van der Waals surface area contributed by atoms with Crippen LogP contribution in [0.2, 0.25) is 0 Å². The molecule has 3 rings (SSSR count). The molecule has 0 spiro atoms. The standard InChI is InChI=1S/C40H58/c1-10-13-30(3)15-12-25-39(6,7)37-20-16-33(17-21-37)35-27-32(5)28-36(29-35)34-18-22-38(23-19-34)40(8,9)26-24-31(4)14-11-2/h16-23,27-31H,10-15,24-26H2,1-9H3. The predicted octanol–water partition coefficient (Wildman–Crippen LogP) is 12.7. The SMILES string of the molecule is CCCC(C)CCCC(C)(C)c1ccc(-c2cc(C)cc(-c3ccc(C(C)(C)CCC(C)CCC)cc3)c2)cc1. The smallest absolute Gasteiger partial charge is 0.0103 e. The summed E-state index contributed by atoms with van der Waals surface area (Å²) in [5, 5.41) is 0. The van der Waals surface area contributed by atoms with E-state index < -0.39 is 0 Å². The molecule has 0 aliphatic carbocycles. The maximum atomic E-state index is 2.41. The van der Waals surface area contributed by atoms with Crippen LogP contribution in [0.3, 0.4) is 0 Å². The van der Waals surface area contributed by atoms with E-state index in [1.807, 2.05) is 0 Å². The fraction of sp³-hybridized carbons (Fsp3) is 0.550. The number of hydrogen-bond donors (Lipinski definition) is 0. The van der Waals surface area contributed by atoms with Gasteiger partial charge in [0.1, 0.15) is 0 Å². The van der Waals surface area contributed by atoms with Crippen molar-refractivity contribution in [1.29, 1.82) is 0 Å². The summed E-state index contributed by atoms with van der Waals surface area (Å²) in [7, 11) is 0. The van der Waals surface area contributed by atoms with E-state index in [9.17, 15) is 0 Å². The van der Waals surface area contributed by atoms with Gasteiger partial charge in [-0.25, -0.2) is 0 Å². The van der Waals surface area contributed by atoms with E-state index in [4.69, 9.17) is 0 Å². The highest BCUT2D eigenvalue weighted by atomic mass is 14.3. The van der Waals surface area contributed by atoms with E-state index in [0.29, 0.717) is 0 Å². The van der Waals surface area contributed by atoms with Crippen LogP contribution in [0.5, 0.6) is 0 Å². The first-order valence-electron chi connectivity index (χ1n) is 16.3. The Morgan fingerprint density at radius 3 is 1.40 bits per heavy atom. The molecule has 0 aliphatic heterocycles. The first-order valence-corrected chi connectivity index (χ1v) is 16.3. The summed E-state index contributed by atoms with van der Waals surface area (Å²) < 4.78 is 0. The lowest BCUT2D eigenvalue weighted by atomic mass is 9.78. The van der Waals surface area contributed by atoms with Crippen LogP contribution >= 0.6 is 0 Å². The molecule has 0 nitrogen and oxygen atoms in total. The third-order valence-corrected chi connectivity index (χ3v) is 9.40. The van der Waals surface area contributed by atoms with Crippen LogP contribution in [-0.2, 0) is 10.8 Å². The Bertz CT molecular complexity index is 1160. The summed E-state index contributed by atoms with van der Waals surface area (Å²) in [6.07, 6.45) is 11.7. The van der Waals surface area contributed by atoms with E-state index in [0.717, 1.165) is 11.8 Å². The molecule has 0 saturated carbocycles. The molecular formula is C40H58. The lowest BCUT2D eigenvalue weighted by Gasteiger charge is -2.27. The van der Waals surface area contributed by atoms with Gasteiger partial charge in [0.2, 0.25) is 0 Å². The number of hydrogen-bond acceptors (Lipinski definition) is 0. The average molecular weight is 539 g/mol. The fourth-order valence-corrected chi connectivity index (χ4v) is 6.41. The second kappa shape index (κ2) is 14.5. The minimum absolute atomic E-state index is 0.210. The molecule has 0 heteroatoms. The van der Waals surface area contributed by atoms with Gasteiger partial charge in [0, 0.05) is 0 Å². The van der Waals surface area contributed by atoms with Crippen LogP contribution < -0.4 is 0 Å². The molecule has 40 heavy (non-hydrogen) atoms. The van der Waals surface area contributed by atoms with Crippen LogP contribution in [0.4, 0.5) is 0 Å². The molecule has 0 aliphatic rings. The first kappa shape index (κ1) is 32.2. The zero-order valence-electron chi connectivity index (χ0n) is 27.4. The second-order valence-electron chi connectivity index (χ2n) is 14.2. The summed E-state index contributed by atoms with van der Waals surface area (Å²) >= 11 is 0. The molecule has 0 heterocycles. The van der Waals surface area contributed by atoms with Crippen LogP contribution in [-0.4, -0.2) is 0 Å². The van der Waals surface area contributed by atoms with Crippen molar-refractivity contribution in [3.05, 3.63) is 83.4 Å². The first-order chi connectivity index (χ1) is 18.9. The summed E-state index contributed by atoms with van der Waals surface area (Å²) in [5.74, 6) is 1.66. The van der Waals surface area contributed by atoms with Gasteiger partial charge in [-0.1, -0.05) is 155 Å². The summed E-state index contributed by atoms with van der Waals surface area (Å²) in [4.78, 5) is 0. The van der Waals surface area contributed by atoms with Gasteiger partial charge in [-0.15, -0.1) is 0 Å². The molecule has 218 valence electrons. The van der Waals surface area contributed by atoms with E-state index in [1.165, 1.54) is 96.7 Å². The highest BCUT2D eigenvalue weighted by Crippen LogP contribution is 2.35. The second-order valence-corrected chi connectivity index (χ2v) is 14.2. The average Bonchev–Trinajstić information content (AvgIpc) is 2.92. The zero-order chi connectivity index (χ0) is 29.3. The molecule has 0 saturated heterocycles. The largest absolute Gasteiger partial charge is 0.0654 e. The molecular weight excluding hydrogens is 480 g/mol. The molecule has 0 radical (unpaired) electrons. The quantitative estimate of drug-likeness (QED) is 0.180. The monoisotopic (exact) mass is 538 g/mol. The lowest BCUT2D eigenvalue weighted by molar-refractivity contribution is 0.384. The summed E-state index contributed by atoms with van der Waals surface area (Å²) in [6, 6.07) is 25.8. The van der Waals surface area contributed by atoms with Crippen molar-refractivity contribution in [3.63, 3.8) is 0 Å². The molecule has 2 unspecified atom stereocenters. The number of aryl methyl sites for hydroxylation is 1. The fourth-order valence-electron chi connectivity index (χ4n) is 6.41. The number of rotatable bonds is 15. The van der Waals surface area contributed by atoms with Gasteiger partial charge >= 0.3 is 0 Å². The summed E-state index contributed by atoms with van der Waals surface area (Å²) in [5.41, 5.74) is 9.86. The van der Waals surface area contributed by atoms with Gasteiger partial charge in [0.05, 0.1) is 0 Å². The van der Waals surface area contributed by atoms with Crippen LogP contribution in [0.1, 0.15) is 130 Å². The summed E-state index contributed by atoms with van der Waals surface area (Å²) in [6.45, 7) is 21.3. The molecule has 0 bridgehead atoms. The van der Waals surface area contributed by atoms with Crippen molar-refractivity contribution in [1.82, 2.24) is 0 Å². The predicted molar refractivity (Wildman–Crippen MR) is 179 cm³/mol. The molecule has 3 aromatic carbocycles. The normalized spacial score (nSPS) is 13.8. The molecule has 0 aromatic heterocycles. The molecule has 2 atom stereocenters. The highest BCUT2D eigenvalue weighted by Gasteiger charge is 2.22. The van der Waals surface area contributed by atoms with Gasteiger partial charge < -0.3 is 0 Å². The van der Waals surface area contributed by atoms with Crippen LogP contribution in [0.25, 0.3) is 22.3 Å². The highest BCUT2D eigenvalue weighted by molar-refractivity contribution is 5.74. The molecule has 0 fully saturated rings. The van der Waals surface area contributed by atoms with E-state index in [-0.39, 0.29) is 10.8 Å². The van der Waals surface area contributed by atoms with E-state index in [2.05, 4.69) is 129 Å². The molecule has 0 amide bonds. The minimum Gasteiger partial charge on any atom is -0.0654 e. The van der Waals surface area contributed by atoms with Crippen LogP contribution in [0, 0.1) is 18.8 Å². The Balaban J connectivity index is 1.72. The molecule has 3 aromatic rings.